The second-order valence-electron chi connectivity index (χ2n) is 6.27. The lowest BCUT2D eigenvalue weighted by atomic mass is 9.90. The van der Waals surface area contributed by atoms with Crippen molar-refractivity contribution in [2.45, 2.75) is 52.5 Å². The van der Waals surface area contributed by atoms with Crippen molar-refractivity contribution in [1.82, 2.24) is 15.5 Å². The number of hydrogen-bond acceptors (Lipinski definition) is 3. The number of carbonyl (C=O) groups excluding carboxylic acids is 1. The van der Waals surface area contributed by atoms with E-state index in [1.807, 2.05) is 20.8 Å². The lowest BCUT2D eigenvalue weighted by molar-refractivity contribution is 0.0892. The number of hydrogen-bond donors (Lipinski definition) is 3. The van der Waals surface area contributed by atoms with Gasteiger partial charge in [-0.1, -0.05) is 27.7 Å². The Morgan fingerprint density at radius 2 is 2.05 bits per heavy atom. The molecule has 0 bridgehead atoms. The number of nitrogens with zero attached hydrogens (tertiary/aromatic N) is 1. The van der Waals surface area contributed by atoms with E-state index in [9.17, 15) is 4.79 Å². The Labute approximate surface area is 129 Å². The summed E-state index contributed by atoms with van der Waals surface area (Å²) in [7, 11) is 0. The molecule has 0 aliphatic carbocycles. The minimum absolute atomic E-state index is 0.200. The quantitative estimate of drug-likeness (QED) is 0.741. The van der Waals surface area contributed by atoms with Crippen molar-refractivity contribution in [2.75, 3.05) is 6.54 Å². The van der Waals surface area contributed by atoms with Crippen LogP contribution in [0, 0.1) is 5.92 Å². The molecule has 1 atom stereocenters. The highest BCUT2D eigenvalue weighted by Gasteiger charge is 2.29. The normalized spacial score (nSPS) is 14.7. The maximum Gasteiger partial charge on any atom is 0.273 e. The largest absolute Gasteiger partial charge is 0.344 e. The standard InChI is InChI=1S/C14H25BrN4O/c1-8(2)6-14(5,7-16)17-13(20)12-10(15)11(9(3)4)18-19-12/h8-9H,6-7,16H2,1-5H3,(H,17,20)(H,18,19). The van der Waals surface area contributed by atoms with Crippen LogP contribution in [-0.4, -0.2) is 28.2 Å². The van der Waals surface area contributed by atoms with E-state index in [0.717, 1.165) is 16.6 Å². The molecule has 0 spiro atoms. The maximum absolute atomic E-state index is 12.4. The van der Waals surface area contributed by atoms with Crippen LogP contribution < -0.4 is 11.1 Å². The third-order valence-corrected chi connectivity index (χ3v) is 4.05. The van der Waals surface area contributed by atoms with Crippen LogP contribution in [-0.2, 0) is 0 Å². The van der Waals surface area contributed by atoms with E-state index < -0.39 is 5.54 Å². The van der Waals surface area contributed by atoms with Gasteiger partial charge in [0.2, 0.25) is 0 Å². The van der Waals surface area contributed by atoms with E-state index in [1.165, 1.54) is 0 Å². The van der Waals surface area contributed by atoms with Crippen LogP contribution in [0.25, 0.3) is 0 Å². The van der Waals surface area contributed by atoms with Crippen LogP contribution >= 0.6 is 15.9 Å². The molecule has 1 unspecified atom stereocenters. The molecule has 0 radical (unpaired) electrons. The monoisotopic (exact) mass is 344 g/mol. The lowest BCUT2D eigenvalue weighted by Gasteiger charge is -2.30. The first kappa shape index (κ1) is 17.2. The topological polar surface area (TPSA) is 83.8 Å². The van der Waals surface area contributed by atoms with Gasteiger partial charge in [-0.3, -0.25) is 9.89 Å². The van der Waals surface area contributed by atoms with Gasteiger partial charge in [0.25, 0.3) is 5.91 Å². The summed E-state index contributed by atoms with van der Waals surface area (Å²) >= 11 is 3.45. The third kappa shape index (κ3) is 4.06. The Hall–Kier alpha value is -0.880. The number of aromatic nitrogens is 2. The van der Waals surface area contributed by atoms with Gasteiger partial charge in [-0.05, 0) is 41.1 Å². The first-order valence-corrected chi connectivity index (χ1v) is 7.75. The molecule has 0 fully saturated rings. The number of nitrogens with one attached hydrogen (secondary N) is 2. The molecule has 0 aliphatic rings. The van der Waals surface area contributed by atoms with Crippen LogP contribution in [0.3, 0.4) is 0 Å². The molecule has 0 aromatic carbocycles. The highest BCUT2D eigenvalue weighted by molar-refractivity contribution is 9.10. The molecule has 4 N–H and O–H groups in total. The molecule has 0 saturated carbocycles. The summed E-state index contributed by atoms with van der Waals surface area (Å²) in [6, 6.07) is 0. The molecule has 20 heavy (non-hydrogen) atoms. The highest BCUT2D eigenvalue weighted by Crippen LogP contribution is 2.26. The highest BCUT2D eigenvalue weighted by atomic mass is 79.9. The lowest BCUT2D eigenvalue weighted by Crippen LogP contribution is -2.52. The van der Waals surface area contributed by atoms with E-state index in [4.69, 9.17) is 5.73 Å². The predicted octanol–water partition coefficient (Wildman–Crippen LogP) is 2.79. The second kappa shape index (κ2) is 6.72. The van der Waals surface area contributed by atoms with Crippen molar-refractivity contribution in [3.05, 3.63) is 15.9 Å². The Balaban J connectivity index is 2.90. The van der Waals surface area contributed by atoms with E-state index in [0.29, 0.717) is 18.2 Å². The summed E-state index contributed by atoms with van der Waals surface area (Å²) in [5.41, 5.74) is 6.71. The average Bonchev–Trinajstić information content (AvgIpc) is 2.70. The minimum Gasteiger partial charge on any atom is -0.344 e. The zero-order chi connectivity index (χ0) is 15.5. The van der Waals surface area contributed by atoms with Crippen molar-refractivity contribution < 1.29 is 4.79 Å². The van der Waals surface area contributed by atoms with Crippen LogP contribution in [0.2, 0.25) is 0 Å². The van der Waals surface area contributed by atoms with Crippen molar-refractivity contribution in [2.24, 2.45) is 11.7 Å². The van der Waals surface area contributed by atoms with Crippen LogP contribution in [0.15, 0.2) is 4.47 Å². The van der Waals surface area contributed by atoms with E-state index in [1.54, 1.807) is 0 Å². The van der Waals surface area contributed by atoms with E-state index in [-0.39, 0.29) is 11.8 Å². The molecular formula is C14H25BrN4O. The fraction of sp³-hybridized carbons (Fsp3) is 0.714. The summed E-state index contributed by atoms with van der Waals surface area (Å²) in [5, 5.41) is 10.0. The zero-order valence-corrected chi connectivity index (χ0v) is 14.5. The molecule has 5 nitrogen and oxygen atoms in total. The van der Waals surface area contributed by atoms with Crippen LogP contribution in [0.5, 0.6) is 0 Å². The number of aromatic amines is 1. The first-order valence-electron chi connectivity index (χ1n) is 6.96. The van der Waals surface area contributed by atoms with Crippen molar-refractivity contribution in [3.8, 4) is 0 Å². The van der Waals surface area contributed by atoms with E-state index >= 15 is 0 Å². The van der Waals surface area contributed by atoms with Crippen LogP contribution in [0.4, 0.5) is 0 Å². The summed E-state index contributed by atoms with van der Waals surface area (Å²) in [6.45, 7) is 10.7. The molecule has 0 aliphatic heterocycles. The van der Waals surface area contributed by atoms with Gasteiger partial charge in [0.05, 0.1) is 15.7 Å². The fourth-order valence-corrected chi connectivity index (χ4v) is 3.11. The van der Waals surface area contributed by atoms with Gasteiger partial charge in [0.1, 0.15) is 0 Å². The molecule has 1 rings (SSSR count). The first-order chi connectivity index (χ1) is 9.20. The molecule has 6 heteroatoms. The van der Waals surface area contributed by atoms with Gasteiger partial charge in [0.15, 0.2) is 5.69 Å². The number of rotatable bonds is 6. The Morgan fingerprint density at radius 3 is 2.45 bits per heavy atom. The third-order valence-electron chi connectivity index (χ3n) is 3.25. The number of H-pyrrole nitrogens is 1. The molecule has 1 amide bonds. The van der Waals surface area contributed by atoms with Gasteiger partial charge in [-0.15, -0.1) is 0 Å². The van der Waals surface area contributed by atoms with Crippen molar-refractivity contribution in [1.29, 1.82) is 0 Å². The summed E-state index contributed by atoms with van der Waals surface area (Å²) in [4.78, 5) is 12.4. The SMILES string of the molecule is CC(C)CC(C)(CN)NC(=O)c1n[nH]c(C(C)C)c1Br. The van der Waals surface area contributed by atoms with Gasteiger partial charge in [0, 0.05) is 6.54 Å². The van der Waals surface area contributed by atoms with E-state index in [2.05, 4.69) is 45.3 Å². The summed E-state index contributed by atoms with van der Waals surface area (Å²) < 4.78 is 0.730. The van der Waals surface area contributed by atoms with Crippen molar-refractivity contribution >= 4 is 21.8 Å². The Bertz CT molecular complexity index is 470. The van der Waals surface area contributed by atoms with Gasteiger partial charge in [-0.25, -0.2) is 0 Å². The second-order valence-corrected chi connectivity index (χ2v) is 7.06. The smallest absolute Gasteiger partial charge is 0.273 e. The van der Waals surface area contributed by atoms with Gasteiger partial charge >= 0.3 is 0 Å². The molecular weight excluding hydrogens is 320 g/mol. The summed E-state index contributed by atoms with van der Waals surface area (Å²) in [5.74, 6) is 0.529. The molecule has 1 aromatic heterocycles. The summed E-state index contributed by atoms with van der Waals surface area (Å²) in [6.07, 6.45) is 0.828. The number of amides is 1. The number of nitrogens with two attached hydrogens (primary N) is 1. The molecule has 0 saturated heterocycles. The fourth-order valence-electron chi connectivity index (χ4n) is 2.29. The Morgan fingerprint density at radius 1 is 1.45 bits per heavy atom. The molecule has 114 valence electrons. The van der Waals surface area contributed by atoms with Crippen LogP contribution in [0.1, 0.15) is 63.1 Å². The van der Waals surface area contributed by atoms with Crippen molar-refractivity contribution in [3.63, 3.8) is 0 Å². The van der Waals surface area contributed by atoms with Gasteiger partial charge < -0.3 is 11.1 Å². The van der Waals surface area contributed by atoms with Gasteiger partial charge in [-0.2, -0.15) is 5.10 Å². The minimum atomic E-state index is -0.415. The predicted molar refractivity (Wildman–Crippen MR) is 84.8 cm³/mol. The maximum atomic E-state index is 12.4. The Kier molecular flexibility index (Phi) is 5.77. The molecule has 1 aromatic rings. The zero-order valence-electron chi connectivity index (χ0n) is 12.9. The number of carbonyl (C=O) groups is 1. The molecule has 1 heterocycles. The number of halogens is 1. The average molecular weight is 345 g/mol.